The molecule has 1 atom stereocenters. The number of rotatable bonds is 5. The van der Waals surface area contributed by atoms with Crippen LogP contribution in [0.4, 0.5) is 14.6 Å². The largest absolute Gasteiger partial charge is 0.349 e. The molecule has 1 aliphatic rings. The van der Waals surface area contributed by atoms with Crippen molar-refractivity contribution < 1.29 is 8.78 Å². The van der Waals surface area contributed by atoms with Crippen molar-refractivity contribution in [1.82, 2.24) is 24.4 Å². The first-order valence-electron chi connectivity index (χ1n) is 10.2. The van der Waals surface area contributed by atoms with Crippen LogP contribution in [-0.4, -0.2) is 30.9 Å². The number of aryl methyl sites for hydroxylation is 1. The summed E-state index contributed by atoms with van der Waals surface area (Å²) in [6.45, 7) is 2.87. The monoisotopic (exact) mass is 408 g/mol. The van der Waals surface area contributed by atoms with Gasteiger partial charge < -0.3 is 4.90 Å². The third-order valence-corrected chi connectivity index (χ3v) is 5.62. The maximum Gasteiger partial charge on any atom is 0.183 e. The van der Waals surface area contributed by atoms with Crippen LogP contribution in [0.2, 0.25) is 0 Å². The van der Waals surface area contributed by atoms with Crippen molar-refractivity contribution >= 4 is 11.5 Å². The standard InChI is InChI=1S/C22H22F2N6/c1-2-4-15-12-25-30(14-15)20-13-26-29-10-8-21(27-22(20)29)28-9-3-5-19(28)17-11-16(23)6-7-18(17)24/h6-8,10-14,19H,2-5,9H2,1H3/t19-/m0/s1. The highest BCUT2D eigenvalue weighted by molar-refractivity contribution is 5.61. The molecular formula is C22H22F2N6. The SMILES string of the molecule is CCCc1cnn(-c2cnn3ccc(N4CCC[C@H]4c4cc(F)ccc4F)nc23)c1. The highest BCUT2D eigenvalue weighted by Gasteiger charge is 2.30. The molecule has 154 valence electrons. The van der Waals surface area contributed by atoms with Gasteiger partial charge in [-0.05, 0) is 49.1 Å². The smallest absolute Gasteiger partial charge is 0.183 e. The van der Waals surface area contributed by atoms with Gasteiger partial charge in [-0.2, -0.15) is 10.2 Å². The van der Waals surface area contributed by atoms with E-state index >= 15 is 0 Å². The molecule has 4 heterocycles. The first-order valence-corrected chi connectivity index (χ1v) is 10.2. The van der Waals surface area contributed by atoms with E-state index in [0.717, 1.165) is 55.4 Å². The van der Waals surface area contributed by atoms with Crippen LogP contribution < -0.4 is 4.90 Å². The third kappa shape index (κ3) is 3.22. The zero-order valence-electron chi connectivity index (χ0n) is 16.7. The van der Waals surface area contributed by atoms with E-state index in [1.807, 2.05) is 29.6 Å². The molecule has 6 nitrogen and oxygen atoms in total. The highest BCUT2D eigenvalue weighted by atomic mass is 19.1. The molecular weight excluding hydrogens is 386 g/mol. The third-order valence-electron chi connectivity index (χ3n) is 5.62. The number of nitrogens with zero attached hydrogens (tertiary/aromatic N) is 6. The van der Waals surface area contributed by atoms with Crippen molar-refractivity contribution in [2.24, 2.45) is 0 Å². The molecule has 0 aliphatic carbocycles. The van der Waals surface area contributed by atoms with Crippen molar-refractivity contribution in [2.75, 3.05) is 11.4 Å². The second-order valence-corrected chi connectivity index (χ2v) is 7.64. The van der Waals surface area contributed by atoms with Gasteiger partial charge in [0.05, 0.1) is 18.4 Å². The van der Waals surface area contributed by atoms with Crippen LogP contribution in [-0.2, 0) is 6.42 Å². The van der Waals surface area contributed by atoms with Crippen molar-refractivity contribution in [3.05, 3.63) is 71.8 Å². The molecule has 5 rings (SSSR count). The predicted octanol–water partition coefficient (Wildman–Crippen LogP) is 4.49. The quantitative estimate of drug-likeness (QED) is 0.488. The second kappa shape index (κ2) is 7.51. The van der Waals surface area contributed by atoms with Gasteiger partial charge >= 0.3 is 0 Å². The Hall–Kier alpha value is -3.29. The van der Waals surface area contributed by atoms with E-state index in [0.29, 0.717) is 11.2 Å². The average molecular weight is 408 g/mol. The molecule has 1 saturated heterocycles. The Bertz CT molecular complexity index is 1200. The summed E-state index contributed by atoms with van der Waals surface area (Å²) in [5.41, 5.74) is 2.99. The van der Waals surface area contributed by atoms with Gasteiger partial charge in [-0.1, -0.05) is 13.3 Å². The van der Waals surface area contributed by atoms with Gasteiger partial charge in [-0.15, -0.1) is 0 Å². The Morgan fingerprint density at radius 2 is 2.03 bits per heavy atom. The summed E-state index contributed by atoms with van der Waals surface area (Å²) in [6.07, 6.45) is 11.1. The van der Waals surface area contributed by atoms with Crippen LogP contribution in [0.3, 0.4) is 0 Å². The summed E-state index contributed by atoms with van der Waals surface area (Å²) in [7, 11) is 0. The maximum atomic E-state index is 14.4. The zero-order valence-corrected chi connectivity index (χ0v) is 16.7. The van der Waals surface area contributed by atoms with Gasteiger partial charge in [0.15, 0.2) is 5.65 Å². The summed E-state index contributed by atoms with van der Waals surface area (Å²) in [4.78, 5) is 6.87. The molecule has 0 unspecified atom stereocenters. The molecule has 30 heavy (non-hydrogen) atoms. The van der Waals surface area contributed by atoms with Crippen LogP contribution in [0.5, 0.6) is 0 Å². The van der Waals surface area contributed by atoms with Crippen LogP contribution in [0, 0.1) is 11.6 Å². The lowest BCUT2D eigenvalue weighted by molar-refractivity contribution is 0.560. The number of benzene rings is 1. The molecule has 3 aromatic heterocycles. The predicted molar refractivity (Wildman–Crippen MR) is 110 cm³/mol. The van der Waals surface area contributed by atoms with Gasteiger partial charge in [0.1, 0.15) is 23.1 Å². The number of aromatic nitrogens is 5. The van der Waals surface area contributed by atoms with Gasteiger partial charge in [-0.3, -0.25) is 0 Å². The van der Waals surface area contributed by atoms with Crippen molar-refractivity contribution in [1.29, 1.82) is 0 Å². The second-order valence-electron chi connectivity index (χ2n) is 7.64. The zero-order chi connectivity index (χ0) is 20.7. The fourth-order valence-corrected chi connectivity index (χ4v) is 4.21. The number of hydrogen-bond donors (Lipinski definition) is 0. The number of fused-ring (bicyclic) bond motifs is 1. The van der Waals surface area contributed by atoms with Crippen LogP contribution >= 0.6 is 0 Å². The minimum Gasteiger partial charge on any atom is -0.349 e. The van der Waals surface area contributed by atoms with Crippen LogP contribution in [0.15, 0.2) is 49.1 Å². The van der Waals surface area contributed by atoms with E-state index < -0.39 is 5.82 Å². The summed E-state index contributed by atoms with van der Waals surface area (Å²) in [5, 5.41) is 8.84. The topological polar surface area (TPSA) is 51.3 Å². The number of hydrogen-bond acceptors (Lipinski definition) is 4. The molecule has 1 fully saturated rings. The van der Waals surface area contributed by atoms with Gasteiger partial charge in [0.25, 0.3) is 0 Å². The summed E-state index contributed by atoms with van der Waals surface area (Å²) in [5.74, 6) is -0.0999. The van der Waals surface area contributed by atoms with E-state index in [1.165, 1.54) is 12.1 Å². The Balaban J connectivity index is 1.53. The van der Waals surface area contributed by atoms with E-state index in [-0.39, 0.29) is 11.9 Å². The van der Waals surface area contributed by atoms with Crippen molar-refractivity contribution in [3.63, 3.8) is 0 Å². The summed E-state index contributed by atoms with van der Waals surface area (Å²) in [6, 6.07) is 5.25. The number of halogens is 2. The van der Waals surface area contributed by atoms with Crippen molar-refractivity contribution in [2.45, 2.75) is 38.6 Å². The molecule has 8 heteroatoms. The van der Waals surface area contributed by atoms with E-state index in [2.05, 4.69) is 17.1 Å². The molecule has 1 aliphatic heterocycles. The maximum absolute atomic E-state index is 14.4. The van der Waals surface area contributed by atoms with Gasteiger partial charge in [0.2, 0.25) is 0 Å². The Morgan fingerprint density at radius 3 is 2.90 bits per heavy atom. The van der Waals surface area contributed by atoms with E-state index in [9.17, 15) is 8.78 Å². The van der Waals surface area contributed by atoms with Gasteiger partial charge in [0, 0.05) is 24.5 Å². The molecule has 0 N–H and O–H groups in total. The fourth-order valence-electron chi connectivity index (χ4n) is 4.21. The van der Waals surface area contributed by atoms with E-state index in [4.69, 9.17) is 4.98 Å². The normalized spacial score (nSPS) is 16.6. The Morgan fingerprint density at radius 1 is 1.13 bits per heavy atom. The molecule has 1 aromatic carbocycles. The minimum atomic E-state index is -0.429. The lowest BCUT2D eigenvalue weighted by atomic mass is 10.0. The van der Waals surface area contributed by atoms with Crippen LogP contribution in [0.1, 0.15) is 43.4 Å². The highest BCUT2D eigenvalue weighted by Crippen LogP contribution is 2.37. The number of anilines is 1. The summed E-state index contributed by atoms with van der Waals surface area (Å²) >= 11 is 0. The molecule has 0 radical (unpaired) electrons. The first-order chi connectivity index (χ1) is 14.6. The molecule has 0 spiro atoms. The lowest BCUT2D eigenvalue weighted by Crippen LogP contribution is -2.24. The van der Waals surface area contributed by atoms with E-state index in [1.54, 1.807) is 15.4 Å². The molecule has 0 amide bonds. The Kier molecular flexibility index (Phi) is 4.69. The van der Waals surface area contributed by atoms with Crippen LogP contribution in [0.25, 0.3) is 11.3 Å². The molecule has 0 bridgehead atoms. The minimum absolute atomic E-state index is 0.247. The Labute approximate surface area is 172 Å². The summed E-state index contributed by atoms with van der Waals surface area (Å²) < 4.78 is 31.7. The molecule has 0 saturated carbocycles. The first kappa shape index (κ1) is 18.7. The van der Waals surface area contributed by atoms with Crippen molar-refractivity contribution in [3.8, 4) is 5.69 Å². The lowest BCUT2D eigenvalue weighted by Gasteiger charge is -2.26. The molecule has 4 aromatic rings. The fraction of sp³-hybridized carbons (Fsp3) is 0.318. The average Bonchev–Trinajstić information content (AvgIpc) is 3.48. The van der Waals surface area contributed by atoms with Gasteiger partial charge in [-0.25, -0.2) is 23.0 Å².